The average Bonchev–Trinajstić information content (AvgIpc) is 2.54. The molecule has 1 aromatic rings. The second-order valence-electron chi connectivity index (χ2n) is 3.92. The highest BCUT2D eigenvalue weighted by atomic mass is 16.3. The fraction of sp³-hybridized carbons (Fsp3) is 0.750. The third-order valence-corrected chi connectivity index (χ3v) is 2.64. The zero-order chi connectivity index (χ0) is 11.3. The van der Waals surface area contributed by atoms with Crippen molar-refractivity contribution < 1.29 is 5.11 Å². The Kier molecular flexibility index (Phi) is 4.66. The van der Waals surface area contributed by atoms with Crippen LogP contribution in [-0.2, 0) is 19.4 Å². The fourth-order valence-corrected chi connectivity index (χ4v) is 1.76. The van der Waals surface area contributed by atoms with Gasteiger partial charge >= 0.3 is 0 Å². The molecule has 0 saturated heterocycles. The molecular formula is C12H22N2O. The maximum atomic E-state index is 9.96. The molecule has 15 heavy (non-hydrogen) atoms. The van der Waals surface area contributed by atoms with E-state index < -0.39 is 0 Å². The van der Waals surface area contributed by atoms with Crippen LogP contribution in [0.1, 0.15) is 51.4 Å². The van der Waals surface area contributed by atoms with Crippen molar-refractivity contribution in [3.05, 3.63) is 11.4 Å². The van der Waals surface area contributed by atoms with Crippen molar-refractivity contribution >= 4 is 0 Å². The van der Waals surface area contributed by atoms with Crippen LogP contribution in [0.2, 0.25) is 0 Å². The second kappa shape index (κ2) is 5.79. The molecule has 0 radical (unpaired) electrons. The zero-order valence-corrected chi connectivity index (χ0v) is 10.1. The third-order valence-electron chi connectivity index (χ3n) is 2.64. The van der Waals surface area contributed by atoms with Crippen LogP contribution in [0, 0.1) is 0 Å². The molecule has 0 fully saturated rings. The molecule has 3 nitrogen and oxygen atoms in total. The molecule has 1 rings (SSSR count). The first kappa shape index (κ1) is 12.1. The molecular weight excluding hydrogens is 188 g/mol. The normalized spacial score (nSPS) is 10.9. The summed E-state index contributed by atoms with van der Waals surface area (Å²) in [5.74, 6) is 0.426. The van der Waals surface area contributed by atoms with Crippen LogP contribution in [0.25, 0.3) is 0 Å². The van der Waals surface area contributed by atoms with Gasteiger partial charge in [-0.1, -0.05) is 33.6 Å². The Morgan fingerprint density at radius 1 is 1.20 bits per heavy atom. The predicted octanol–water partition coefficient (Wildman–Crippen LogP) is 2.90. The number of nitrogens with zero attached hydrogens (tertiary/aromatic N) is 2. The van der Waals surface area contributed by atoms with Crippen molar-refractivity contribution in [1.82, 2.24) is 9.78 Å². The summed E-state index contributed by atoms with van der Waals surface area (Å²) in [6, 6.07) is 0. The van der Waals surface area contributed by atoms with Crippen molar-refractivity contribution in [3.8, 4) is 5.75 Å². The first-order chi connectivity index (χ1) is 7.24. The minimum atomic E-state index is 0.426. The molecule has 0 spiro atoms. The van der Waals surface area contributed by atoms with Gasteiger partial charge in [-0.05, 0) is 19.3 Å². The summed E-state index contributed by atoms with van der Waals surface area (Å²) in [6.07, 6.45) is 5.06. The van der Waals surface area contributed by atoms with Gasteiger partial charge in [0.15, 0.2) is 5.75 Å². The van der Waals surface area contributed by atoms with Crippen LogP contribution in [0.3, 0.4) is 0 Å². The van der Waals surface area contributed by atoms with E-state index in [1.807, 2.05) is 11.6 Å². The Hall–Kier alpha value is -0.990. The van der Waals surface area contributed by atoms with Gasteiger partial charge in [0.1, 0.15) is 5.69 Å². The van der Waals surface area contributed by atoms with Gasteiger partial charge < -0.3 is 5.11 Å². The Balaban J connectivity index is 2.90. The van der Waals surface area contributed by atoms with E-state index >= 15 is 0 Å². The molecule has 86 valence electrons. The third kappa shape index (κ3) is 2.74. The first-order valence-corrected chi connectivity index (χ1v) is 6.02. The van der Waals surface area contributed by atoms with Gasteiger partial charge in [-0.2, -0.15) is 5.10 Å². The molecule has 0 saturated carbocycles. The number of hydrogen-bond donors (Lipinski definition) is 1. The average molecular weight is 210 g/mol. The Bertz CT molecular complexity index is 305. The van der Waals surface area contributed by atoms with E-state index in [2.05, 4.69) is 18.9 Å². The highest BCUT2D eigenvalue weighted by molar-refractivity contribution is 5.32. The Morgan fingerprint density at radius 3 is 2.47 bits per heavy atom. The van der Waals surface area contributed by atoms with Crippen LogP contribution in [0.5, 0.6) is 5.75 Å². The molecule has 0 atom stereocenters. The fourth-order valence-electron chi connectivity index (χ4n) is 1.76. The van der Waals surface area contributed by atoms with E-state index in [4.69, 9.17) is 0 Å². The van der Waals surface area contributed by atoms with Crippen molar-refractivity contribution in [2.24, 2.45) is 0 Å². The molecule has 0 unspecified atom stereocenters. The van der Waals surface area contributed by atoms with Crippen molar-refractivity contribution in [1.29, 1.82) is 0 Å². The van der Waals surface area contributed by atoms with Crippen LogP contribution in [0.4, 0.5) is 0 Å². The molecule has 3 heteroatoms. The lowest BCUT2D eigenvalue weighted by atomic mass is 10.2. The topological polar surface area (TPSA) is 38.0 Å². The monoisotopic (exact) mass is 210 g/mol. The number of hydrogen-bond acceptors (Lipinski definition) is 2. The molecule has 1 heterocycles. The van der Waals surface area contributed by atoms with Crippen LogP contribution in [-0.4, -0.2) is 14.9 Å². The van der Waals surface area contributed by atoms with Gasteiger partial charge in [0.25, 0.3) is 0 Å². The summed E-state index contributed by atoms with van der Waals surface area (Å²) in [4.78, 5) is 0. The van der Waals surface area contributed by atoms with Gasteiger partial charge in [0.2, 0.25) is 0 Å². The molecule has 0 amide bonds. The lowest BCUT2D eigenvalue weighted by molar-refractivity contribution is 0.456. The molecule has 0 aliphatic carbocycles. The van der Waals surface area contributed by atoms with E-state index in [1.165, 1.54) is 0 Å². The van der Waals surface area contributed by atoms with Crippen LogP contribution in [0.15, 0.2) is 0 Å². The SMILES string of the molecule is CCCCn1nc(CC)c(O)c1CCC. The van der Waals surface area contributed by atoms with E-state index in [0.29, 0.717) is 5.75 Å². The van der Waals surface area contributed by atoms with Gasteiger partial charge in [0, 0.05) is 6.54 Å². The van der Waals surface area contributed by atoms with Gasteiger partial charge in [0.05, 0.1) is 5.69 Å². The number of aromatic nitrogens is 2. The van der Waals surface area contributed by atoms with Crippen molar-refractivity contribution in [2.75, 3.05) is 0 Å². The maximum Gasteiger partial charge on any atom is 0.160 e. The number of aryl methyl sites for hydroxylation is 2. The van der Waals surface area contributed by atoms with Gasteiger partial charge in [-0.25, -0.2) is 0 Å². The van der Waals surface area contributed by atoms with Crippen molar-refractivity contribution in [3.63, 3.8) is 0 Å². The van der Waals surface area contributed by atoms with Crippen LogP contribution >= 0.6 is 0 Å². The number of unbranched alkanes of at least 4 members (excludes halogenated alkanes) is 1. The van der Waals surface area contributed by atoms with Gasteiger partial charge in [-0.3, -0.25) is 4.68 Å². The molecule has 1 N–H and O–H groups in total. The summed E-state index contributed by atoms with van der Waals surface area (Å²) < 4.78 is 1.99. The quantitative estimate of drug-likeness (QED) is 0.784. The molecule has 1 aromatic heterocycles. The Labute approximate surface area is 92.1 Å². The van der Waals surface area contributed by atoms with Crippen molar-refractivity contribution in [2.45, 2.75) is 59.4 Å². The standard InChI is InChI=1S/C12H22N2O/c1-4-7-9-14-11(8-5-2)12(15)10(6-3)13-14/h15H,4-9H2,1-3H3. The predicted molar refractivity (Wildman–Crippen MR) is 62.2 cm³/mol. The maximum absolute atomic E-state index is 9.96. The van der Waals surface area contributed by atoms with Gasteiger partial charge in [-0.15, -0.1) is 0 Å². The largest absolute Gasteiger partial charge is 0.504 e. The minimum absolute atomic E-state index is 0.426. The summed E-state index contributed by atoms with van der Waals surface area (Å²) in [5, 5.41) is 14.4. The molecule has 0 aliphatic rings. The summed E-state index contributed by atoms with van der Waals surface area (Å²) in [5.41, 5.74) is 1.86. The summed E-state index contributed by atoms with van der Waals surface area (Å²) >= 11 is 0. The van der Waals surface area contributed by atoms with E-state index in [1.54, 1.807) is 0 Å². The molecule has 0 aromatic carbocycles. The van der Waals surface area contributed by atoms with Crippen LogP contribution < -0.4 is 0 Å². The van der Waals surface area contributed by atoms with E-state index in [9.17, 15) is 5.11 Å². The minimum Gasteiger partial charge on any atom is -0.504 e. The second-order valence-corrected chi connectivity index (χ2v) is 3.92. The highest BCUT2D eigenvalue weighted by Gasteiger charge is 2.14. The Morgan fingerprint density at radius 2 is 1.93 bits per heavy atom. The highest BCUT2D eigenvalue weighted by Crippen LogP contribution is 2.24. The summed E-state index contributed by atoms with van der Waals surface area (Å²) in [6.45, 7) is 7.26. The molecule has 0 bridgehead atoms. The number of rotatable bonds is 6. The smallest absolute Gasteiger partial charge is 0.160 e. The zero-order valence-electron chi connectivity index (χ0n) is 10.1. The molecule has 0 aliphatic heterocycles. The number of aromatic hydroxyl groups is 1. The lowest BCUT2D eigenvalue weighted by Crippen LogP contribution is -2.05. The summed E-state index contributed by atoms with van der Waals surface area (Å²) in [7, 11) is 0. The first-order valence-electron chi connectivity index (χ1n) is 6.02. The lowest BCUT2D eigenvalue weighted by Gasteiger charge is -2.05. The van der Waals surface area contributed by atoms with E-state index in [-0.39, 0.29) is 0 Å². The van der Waals surface area contributed by atoms with E-state index in [0.717, 1.165) is 50.0 Å².